The Labute approximate surface area is 158 Å². The van der Waals surface area contributed by atoms with Crippen molar-refractivity contribution in [3.63, 3.8) is 0 Å². The third-order valence-electron chi connectivity index (χ3n) is 5.15. The molecule has 2 aromatic carbocycles. The van der Waals surface area contributed by atoms with Crippen molar-refractivity contribution in [1.29, 1.82) is 0 Å². The van der Waals surface area contributed by atoms with Gasteiger partial charge in [0.2, 0.25) is 0 Å². The first kappa shape index (κ1) is 17.5. The number of hydrogen-bond donors (Lipinski definition) is 4. The second-order valence-electron chi connectivity index (χ2n) is 7.26. The zero-order valence-electron chi connectivity index (χ0n) is 15.3. The van der Waals surface area contributed by atoms with Crippen molar-refractivity contribution >= 4 is 28.4 Å². The molecule has 0 radical (unpaired) electrons. The van der Waals surface area contributed by atoms with Crippen LogP contribution < -0.4 is 26.8 Å². The molecular weight excluding hydrogens is 342 g/mol. The molecule has 27 heavy (non-hydrogen) atoms. The van der Waals surface area contributed by atoms with Gasteiger partial charge >= 0.3 is 0 Å². The van der Waals surface area contributed by atoms with E-state index in [1.54, 1.807) is 6.07 Å². The third kappa shape index (κ3) is 3.77. The Balaban J connectivity index is 1.14. The van der Waals surface area contributed by atoms with E-state index in [-0.39, 0.29) is 12.4 Å². The molecule has 0 saturated heterocycles. The molecule has 0 aliphatic carbocycles. The van der Waals surface area contributed by atoms with Crippen LogP contribution in [0.3, 0.4) is 0 Å². The van der Waals surface area contributed by atoms with Gasteiger partial charge in [0.15, 0.2) is 6.23 Å². The van der Waals surface area contributed by atoms with Crippen molar-refractivity contribution in [1.82, 2.24) is 0 Å². The summed E-state index contributed by atoms with van der Waals surface area (Å²) < 4.78 is 6.92. The quantitative estimate of drug-likeness (QED) is 0.332. The van der Waals surface area contributed by atoms with Crippen LogP contribution in [-0.2, 0) is 0 Å². The van der Waals surface area contributed by atoms with Gasteiger partial charge in [0.05, 0.1) is 10.4 Å². The summed E-state index contributed by atoms with van der Waals surface area (Å²) in [5, 5.41) is 6.65. The van der Waals surface area contributed by atoms with E-state index < -0.39 is 0 Å². The van der Waals surface area contributed by atoms with Gasteiger partial charge in [-0.2, -0.15) is 0 Å². The van der Waals surface area contributed by atoms with E-state index in [1.165, 1.54) is 0 Å². The van der Waals surface area contributed by atoms with Gasteiger partial charge in [-0.25, -0.2) is 0 Å². The summed E-state index contributed by atoms with van der Waals surface area (Å²) >= 11 is 0. The number of nitrogens with zero attached hydrogens (tertiary/aromatic N) is 1. The number of nitrogens with one attached hydrogen (secondary N) is 2. The van der Waals surface area contributed by atoms with E-state index in [0.29, 0.717) is 17.1 Å². The van der Waals surface area contributed by atoms with Crippen molar-refractivity contribution in [3.05, 3.63) is 41.3 Å². The first-order chi connectivity index (χ1) is 13.1. The van der Waals surface area contributed by atoms with Crippen LogP contribution >= 0.6 is 0 Å². The van der Waals surface area contributed by atoms with E-state index in [9.17, 15) is 4.91 Å². The molecule has 7 nitrogen and oxygen atoms in total. The van der Waals surface area contributed by atoms with Gasteiger partial charge in [-0.05, 0) is 37.1 Å². The maximum Gasteiger partial charge on any atom is 0.283 e. The molecule has 2 aliphatic heterocycles. The van der Waals surface area contributed by atoms with Crippen molar-refractivity contribution in [2.45, 2.75) is 50.9 Å². The average Bonchev–Trinajstić information content (AvgIpc) is 3.18. The Morgan fingerprint density at radius 3 is 2.41 bits per heavy atom. The minimum atomic E-state index is -0.193. The van der Waals surface area contributed by atoms with Crippen molar-refractivity contribution in [2.75, 3.05) is 22.1 Å². The molecule has 4 rings (SSSR count). The summed E-state index contributed by atoms with van der Waals surface area (Å²) in [6.45, 7) is 0. The zero-order valence-corrected chi connectivity index (χ0v) is 15.3. The van der Waals surface area contributed by atoms with Gasteiger partial charge in [-0.15, -0.1) is 0 Å². The second kappa shape index (κ2) is 7.34. The summed E-state index contributed by atoms with van der Waals surface area (Å²) in [6, 6.07) is 11.1. The van der Waals surface area contributed by atoms with Gasteiger partial charge in [-0.3, -0.25) is 0 Å². The van der Waals surface area contributed by atoms with Gasteiger partial charge in [-0.1, -0.05) is 12.8 Å². The summed E-state index contributed by atoms with van der Waals surface area (Å²) in [7, 11) is 0. The highest BCUT2D eigenvalue weighted by Gasteiger charge is 2.37. The number of rotatable bonds is 7. The average molecular weight is 368 g/mol. The number of fused-ring (bicyclic) bond motifs is 2. The van der Waals surface area contributed by atoms with Gasteiger partial charge in [0.1, 0.15) is 11.4 Å². The Kier molecular flexibility index (Phi) is 4.75. The van der Waals surface area contributed by atoms with Crippen LogP contribution in [0.15, 0.2) is 36.4 Å². The van der Waals surface area contributed by atoms with Crippen LogP contribution in [0, 0.1) is 4.91 Å². The summed E-state index contributed by atoms with van der Waals surface area (Å²) in [5.41, 5.74) is 15.4. The lowest BCUT2D eigenvalue weighted by Gasteiger charge is -2.11. The second-order valence-corrected chi connectivity index (χ2v) is 7.26. The zero-order chi connectivity index (χ0) is 18.8. The number of unbranched alkanes of at least 4 members (excludes halogenated alkanes) is 3. The third-order valence-corrected chi connectivity index (χ3v) is 5.15. The highest BCUT2D eigenvalue weighted by atomic mass is 16.5. The first-order valence-electron chi connectivity index (χ1n) is 9.55. The molecule has 2 aliphatic rings. The number of nitroso groups, excluding NO2 is 1. The van der Waals surface area contributed by atoms with Crippen LogP contribution in [0.1, 0.15) is 38.5 Å². The summed E-state index contributed by atoms with van der Waals surface area (Å²) in [6.07, 6.45) is 5.90. The number of hydrogen-bond acceptors (Lipinski definition) is 6. The molecule has 0 aromatic heterocycles. The Morgan fingerprint density at radius 2 is 1.59 bits per heavy atom. The van der Waals surface area contributed by atoms with Crippen LogP contribution in [0.4, 0.5) is 28.4 Å². The maximum atomic E-state index is 12.3. The molecule has 2 atom stereocenters. The Hall–Kier alpha value is -2.96. The van der Waals surface area contributed by atoms with Crippen LogP contribution in [0.5, 0.6) is 5.75 Å². The SMILES string of the molecule is Nc1ccc2c(c1)OC(CCCCCCC1Nc3ccc(N)cc3[N+]1=O)N2. The fourth-order valence-corrected chi connectivity index (χ4v) is 3.71. The lowest BCUT2D eigenvalue weighted by Crippen LogP contribution is -2.22. The minimum absolute atomic E-state index is 0.0235. The van der Waals surface area contributed by atoms with E-state index in [4.69, 9.17) is 16.2 Å². The molecule has 2 unspecified atom stereocenters. The lowest BCUT2D eigenvalue weighted by atomic mass is 10.1. The van der Waals surface area contributed by atoms with Gasteiger partial charge in [0.25, 0.3) is 11.9 Å². The van der Waals surface area contributed by atoms with E-state index in [0.717, 1.165) is 60.4 Å². The van der Waals surface area contributed by atoms with Gasteiger partial charge < -0.3 is 26.8 Å². The van der Waals surface area contributed by atoms with Gasteiger partial charge in [0, 0.05) is 41.3 Å². The van der Waals surface area contributed by atoms with Crippen molar-refractivity contribution < 1.29 is 9.50 Å². The predicted octanol–water partition coefficient (Wildman–Crippen LogP) is 4.18. The highest BCUT2D eigenvalue weighted by molar-refractivity contribution is 5.69. The molecule has 142 valence electrons. The molecule has 0 spiro atoms. The number of nitrogens with two attached hydrogens (primary N) is 2. The normalized spacial score (nSPS) is 19.8. The summed E-state index contributed by atoms with van der Waals surface area (Å²) in [5.74, 6) is 0.836. The molecule has 0 amide bonds. The molecular formula is C20H26N5O2+. The van der Waals surface area contributed by atoms with Crippen LogP contribution in [-0.4, -0.2) is 17.2 Å². The Morgan fingerprint density at radius 1 is 0.889 bits per heavy atom. The van der Waals surface area contributed by atoms with Crippen molar-refractivity contribution in [3.8, 4) is 5.75 Å². The standard InChI is InChI=1S/C20H26N5O2/c21-13-7-9-15-17(11-13)25(26)19(23-15)5-3-1-2-4-6-20-24-16-10-8-14(22)12-18(16)27-20/h7-12,19-20,23-24H,1-6,21-22H2/q+1. The molecule has 0 saturated carbocycles. The molecule has 6 N–H and O–H groups in total. The molecule has 0 bridgehead atoms. The van der Waals surface area contributed by atoms with Crippen LogP contribution in [0.25, 0.3) is 0 Å². The van der Waals surface area contributed by atoms with E-state index in [2.05, 4.69) is 10.6 Å². The predicted molar refractivity (Wildman–Crippen MR) is 108 cm³/mol. The fourth-order valence-electron chi connectivity index (χ4n) is 3.71. The Bertz CT molecular complexity index is 854. The minimum Gasteiger partial charge on any atom is -0.469 e. The molecule has 7 heteroatoms. The first-order valence-corrected chi connectivity index (χ1v) is 9.55. The molecule has 2 heterocycles. The topological polar surface area (TPSA) is 105 Å². The number of ether oxygens (including phenoxy) is 1. The molecule has 2 aromatic rings. The smallest absolute Gasteiger partial charge is 0.283 e. The molecule has 0 fully saturated rings. The lowest BCUT2D eigenvalue weighted by molar-refractivity contribution is -0.490. The van der Waals surface area contributed by atoms with E-state index >= 15 is 0 Å². The maximum absolute atomic E-state index is 12.3. The van der Waals surface area contributed by atoms with E-state index in [1.807, 2.05) is 30.3 Å². The fraction of sp³-hybridized carbons (Fsp3) is 0.400. The summed E-state index contributed by atoms with van der Waals surface area (Å²) in [4.78, 5) is 12.3. The van der Waals surface area contributed by atoms with Crippen LogP contribution in [0.2, 0.25) is 0 Å². The van der Waals surface area contributed by atoms with Crippen molar-refractivity contribution in [2.24, 2.45) is 0 Å². The number of nitrogen functional groups attached to an aromatic ring is 2. The number of benzene rings is 2. The number of anilines is 4. The largest absolute Gasteiger partial charge is 0.469 e. The highest BCUT2D eigenvalue weighted by Crippen LogP contribution is 2.36. The monoisotopic (exact) mass is 368 g/mol.